The average Bonchev–Trinajstić information content (AvgIpc) is 2.32. The Kier molecular flexibility index (Phi) is 5.56. The number of carbonyl (C=O) groups is 2. The molecule has 0 aromatic heterocycles. The Labute approximate surface area is 147 Å². The minimum atomic E-state index is -1.14. The predicted octanol–water partition coefficient (Wildman–Crippen LogP) is 4.22. The lowest BCUT2D eigenvalue weighted by molar-refractivity contribution is -0.150. The highest BCUT2D eigenvalue weighted by Crippen LogP contribution is 2.32. The lowest BCUT2D eigenvalue weighted by atomic mass is 9.74. The van der Waals surface area contributed by atoms with Crippen molar-refractivity contribution in [2.75, 3.05) is 0 Å². The number of carboxylic acid groups (broad SMARTS) is 1. The molecule has 0 radical (unpaired) electrons. The van der Waals surface area contributed by atoms with Crippen LogP contribution in [0.1, 0.15) is 38.1 Å². The van der Waals surface area contributed by atoms with Crippen LogP contribution in [0.15, 0.2) is 12.1 Å². The number of benzene rings is 1. The predicted molar refractivity (Wildman–Crippen MR) is 92.1 cm³/mol. The van der Waals surface area contributed by atoms with Crippen molar-refractivity contribution in [2.24, 2.45) is 5.41 Å². The molecule has 2 N–H and O–H groups in total. The number of amides is 1. The van der Waals surface area contributed by atoms with Crippen molar-refractivity contribution in [3.8, 4) is 0 Å². The zero-order valence-corrected chi connectivity index (χ0v) is 15.7. The summed E-state index contributed by atoms with van der Waals surface area (Å²) < 4.78 is 0.570. The van der Waals surface area contributed by atoms with Gasteiger partial charge in [-0.05, 0) is 62.4 Å². The molecule has 1 amide bonds. The molecule has 4 nitrogen and oxygen atoms in total. The number of hydrogen-bond acceptors (Lipinski definition) is 2. The van der Waals surface area contributed by atoms with Crippen LogP contribution in [-0.2, 0) is 4.79 Å². The second-order valence-corrected chi connectivity index (χ2v) is 7.68. The van der Waals surface area contributed by atoms with Crippen LogP contribution in [0.25, 0.3) is 0 Å². The summed E-state index contributed by atoms with van der Waals surface area (Å²) in [6, 6.07) is 3.06. The SMILES string of the molecule is CC(C)(NC(=O)c1cc(Cl)cc(Cl)c1I)C(C)(C)C(=O)O. The summed E-state index contributed by atoms with van der Waals surface area (Å²) in [4.78, 5) is 23.8. The van der Waals surface area contributed by atoms with Crippen LogP contribution in [-0.4, -0.2) is 22.5 Å². The van der Waals surface area contributed by atoms with E-state index in [0.29, 0.717) is 19.2 Å². The van der Waals surface area contributed by atoms with Crippen molar-refractivity contribution in [3.63, 3.8) is 0 Å². The van der Waals surface area contributed by atoms with Gasteiger partial charge >= 0.3 is 5.97 Å². The largest absolute Gasteiger partial charge is 0.481 e. The highest BCUT2D eigenvalue weighted by Gasteiger charge is 2.44. The zero-order valence-electron chi connectivity index (χ0n) is 12.1. The molecular weight excluding hydrogens is 428 g/mol. The lowest BCUT2D eigenvalue weighted by Crippen LogP contribution is -2.57. The van der Waals surface area contributed by atoms with Crippen molar-refractivity contribution in [1.82, 2.24) is 5.32 Å². The van der Waals surface area contributed by atoms with Crippen LogP contribution >= 0.6 is 45.8 Å². The maximum absolute atomic E-state index is 12.4. The highest BCUT2D eigenvalue weighted by molar-refractivity contribution is 14.1. The summed E-state index contributed by atoms with van der Waals surface area (Å²) in [7, 11) is 0. The first-order chi connectivity index (χ1) is 9.40. The van der Waals surface area contributed by atoms with Crippen LogP contribution in [0.4, 0.5) is 0 Å². The molecule has 0 bridgehead atoms. The first-order valence-electron chi connectivity index (χ1n) is 6.10. The average molecular weight is 444 g/mol. The molecule has 1 aromatic rings. The van der Waals surface area contributed by atoms with Gasteiger partial charge < -0.3 is 10.4 Å². The smallest absolute Gasteiger partial charge is 0.311 e. The van der Waals surface area contributed by atoms with E-state index in [1.54, 1.807) is 33.8 Å². The van der Waals surface area contributed by atoms with Crippen molar-refractivity contribution in [3.05, 3.63) is 31.3 Å². The highest BCUT2D eigenvalue weighted by atomic mass is 127. The molecule has 0 aliphatic heterocycles. The van der Waals surface area contributed by atoms with Crippen LogP contribution in [0.2, 0.25) is 10.0 Å². The first-order valence-corrected chi connectivity index (χ1v) is 7.94. The van der Waals surface area contributed by atoms with E-state index in [0.717, 1.165) is 0 Å². The van der Waals surface area contributed by atoms with E-state index in [1.807, 2.05) is 22.6 Å². The molecule has 0 spiro atoms. The number of nitrogens with one attached hydrogen (secondary N) is 1. The fraction of sp³-hybridized carbons (Fsp3) is 0.429. The minimum absolute atomic E-state index is 0.322. The molecule has 1 aromatic carbocycles. The van der Waals surface area contributed by atoms with Gasteiger partial charge in [-0.3, -0.25) is 9.59 Å². The summed E-state index contributed by atoms with van der Waals surface area (Å²) in [6.45, 7) is 6.45. The molecule has 1 rings (SSSR count). The quantitative estimate of drug-likeness (QED) is 0.540. The van der Waals surface area contributed by atoms with Crippen molar-refractivity contribution < 1.29 is 14.7 Å². The van der Waals surface area contributed by atoms with Gasteiger partial charge in [0.15, 0.2) is 0 Å². The Balaban J connectivity index is 3.15. The summed E-state index contributed by atoms with van der Waals surface area (Å²) in [6.07, 6.45) is 0. The van der Waals surface area contributed by atoms with Gasteiger partial charge in [-0.2, -0.15) is 0 Å². The summed E-state index contributed by atoms with van der Waals surface area (Å²) in [5, 5.41) is 12.8. The molecule has 0 saturated carbocycles. The number of aliphatic carboxylic acids is 1. The van der Waals surface area contributed by atoms with E-state index in [2.05, 4.69) is 5.32 Å². The van der Waals surface area contributed by atoms with E-state index in [1.165, 1.54) is 6.07 Å². The van der Waals surface area contributed by atoms with Gasteiger partial charge in [0.2, 0.25) is 0 Å². The molecule has 0 aliphatic rings. The second kappa shape index (κ2) is 6.30. The van der Waals surface area contributed by atoms with Crippen molar-refractivity contribution >= 4 is 57.7 Å². The molecule has 0 aliphatic carbocycles. The van der Waals surface area contributed by atoms with Gasteiger partial charge in [-0.1, -0.05) is 23.2 Å². The molecule has 7 heteroatoms. The third-order valence-electron chi connectivity index (χ3n) is 3.76. The molecule has 0 unspecified atom stereocenters. The third kappa shape index (κ3) is 3.81. The van der Waals surface area contributed by atoms with E-state index >= 15 is 0 Å². The molecule has 0 saturated heterocycles. The third-order valence-corrected chi connectivity index (χ3v) is 5.76. The topological polar surface area (TPSA) is 66.4 Å². The monoisotopic (exact) mass is 443 g/mol. The van der Waals surface area contributed by atoms with Crippen molar-refractivity contribution in [2.45, 2.75) is 33.2 Å². The van der Waals surface area contributed by atoms with Gasteiger partial charge in [0.25, 0.3) is 5.91 Å². The van der Waals surface area contributed by atoms with Gasteiger partial charge in [-0.15, -0.1) is 0 Å². The zero-order chi connectivity index (χ0) is 16.6. The van der Waals surface area contributed by atoms with Gasteiger partial charge in [0, 0.05) is 8.59 Å². The van der Waals surface area contributed by atoms with E-state index in [9.17, 15) is 14.7 Å². The summed E-state index contributed by atoms with van der Waals surface area (Å²) in [5.41, 5.74) is -1.79. The first kappa shape index (κ1) is 18.5. The number of carbonyl (C=O) groups excluding carboxylic acids is 1. The van der Waals surface area contributed by atoms with Gasteiger partial charge in [0.05, 0.1) is 21.5 Å². The Morgan fingerprint density at radius 2 is 1.71 bits per heavy atom. The standard InChI is InChI=1S/C14H16Cl2INO3/c1-13(2,12(20)21)14(3,4)18-11(19)8-5-7(15)6-9(16)10(8)17/h5-6H,1-4H3,(H,18,19)(H,20,21). The Hall–Kier alpha value is -0.530. The fourth-order valence-corrected chi connectivity index (χ4v) is 2.55. The number of carboxylic acids is 1. The Morgan fingerprint density at radius 3 is 2.19 bits per heavy atom. The second-order valence-electron chi connectivity index (χ2n) is 5.76. The maximum Gasteiger partial charge on any atom is 0.311 e. The number of rotatable bonds is 4. The van der Waals surface area contributed by atoms with Crippen molar-refractivity contribution in [1.29, 1.82) is 0 Å². The normalized spacial score (nSPS) is 12.1. The molecule has 0 atom stereocenters. The number of halogens is 3. The Bertz CT molecular complexity index is 600. The van der Waals surface area contributed by atoms with E-state index < -0.39 is 22.8 Å². The minimum Gasteiger partial charge on any atom is -0.481 e. The van der Waals surface area contributed by atoms with E-state index in [-0.39, 0.29) is 0 Å². The molecule has 0 heterocycles. The molecule has 116 valence electrons. The van der Waals surface area contributed by atoms with Crippen LogP contribution in [0.5, 0.6) is 0 Å². The fourth-order valence-electron chi connectivity index (χ4n) is 1.50. The molecule has 21 heavy (non-hydrogen) atoms. The number of hydrogen-bond donors (Lipinski definition) is 2. The van der Waals surface area contributed by atoms with Crippen LogP contribution in [0, 0.1) is 8.99 Å². The van der Waals surface area contributed by atoms with Crippen LogP contribution in [0.3, 0.4) is 0 Å². The van der Waals surface area contributed by atoms with Crippen LogP contribution < -0.4 is 5.32 Å². The maximum atomic E-state index is 12.4. The molecule has 0 fully saturated rings. The van der Waals surface area contributed by atoms with Gasteiger partial charge in [0.1, 0.15) is 0 Å². The summed E-state index contributed by atoms with van der Waals surface area (Å²) in [5.74, 6) is -1.41. The van der Waals surface area contributed by atoms with Gasteiger partial charge in [-0.25, -0.2) is 0 Å². The summed E-state index contributed by atoms with van der Waals surface area (Å²) >= 11 is 13.9. The molecular formula is C14H16Cl2INO3. The Morgan fingerprint density at radius 1 is 1.19 bits per heavy atom. The lowest BCUT2D eigenvalue weighted by Gasteiger charge is -2.38. The van der Waals surface area contributed by atoms with E-state index in [4.69, 9.17) is 23.2 Å².